The Hall–Kier alpha value is -0.670. The summed E-state index contributed by atoms with van der Waals surface area (Å²) in [6.07, 6.45) is 6.01. The van der Waals surface area contributed by atoms with Gasteiger partial charge in [-0.3, -0.25) is 0 Å². The van der Waals surface area contributed by atoms with Crippen LogP contribution in [0.5, 0.6) is 5.75 Å². The summed E-state index contributed by atoms with van der Waals surface area (Å²) in [5.41, 5.74) is 1.45. The summed E-state index contributed by atoms with van der Waals surface area (Å²) in [4.78, 5) is 0. The van der Waals surface area contributed by atoms with Gasteiger partial charge in [0.25, 0.3) is 0 Å². The van der Waals surface area contributed by atoms with Crippen LogP contribution in [-0.4, -0.2) is 31.2 Å². The van der Waals surface area contributed by atoms with Crippen molar-refractivity contribution in [3.8, 4) is 5.75 Å². The number of methoxy groups -OCH3 is 1. The van der Waals surface area contributed by atoms with Crippen molar-refractivity contribution in [1.29, 1.82) is 0 Å². The maximum absolute atomic E-state index is 5.19. The van der Waals surface area contributed by atoms with Gasteiger partial charge >= 0.3 is 0 Å². The molecule has 19 heavy (non-hydrogen) atoms. The molecule has 0 saturated heterocycles. The van der Waals surface area contributed by atoms with Crippen molar-refractivity contribution < 1.29 is 4.74 Å². The number of hydrogen-bond acceptors (Lipinski definition) is 3. The molecule has 1 fully saturated rings. The Morgan fingerprint density at radius 3 is 2.58 bits per heavy atom. The number of nitrogens with one attached hydrogen (secondary N) is 1. The lowest BCUT2D eigenvalue weighted by Gasteiger charge is -2.36. The fourth-order valence-corrected chi connectivity index (χ4v) is 2.89. The van der Waals surface area contributed by atoms with Crippen LogP contribution in [0.15, 0.2) is 24.3 Å². The first kappa shape index (κ1) is 14.7. The van der Waals surface area contributed by atoms with Gasteiger partial charge in [-0.05, 0) is 55.7 Å². The average Bonchev–Trinajstić information content (AvgIpc) is 2.41. The van der Waals surface area contributed by atoms with Gasteiger partial charge in [-0.1, -0.05) is 19.1 Å². The minimum Gasteiger partial charge on any atom is -0.497 e. The molecule has 1 aromatic rings. The first-order valence-electron chi connectivity index (χ1n) is 7.13. The van der Waals surface area contributed by atoms with E-state index in [4.69, 9.17) is 4.74 Å². The molecule has 2 rings (SSSR count). The molecule has 0 amide bonds. The third-order valence-electron chi connectivity index (χ3n) is 4.11. The molecule has 106 valence electrons. The molecule has 1 aliphatic rings. The topological polar surface area (TPSA) is 21.3 Å². The standard InChI is InChI=1S/C16H25NOS/c1-12(19-3)8-9-17-15-10-14(11-15)13-4-6-16(18-2)7-5-13/h4-7,12,14-15,17H,8-11H2,1-3H3. The van der Waals surface area contributed by atoms with Crippen LogP contribution in [0.25, 0.3) is 0 Å². The van der Waals surface area contributed by atoms with Gasteiger partial charge < -0.3 is 10.1 Å². The fraction of sp³-hybridized carbons (Fsp3) is 0.625. The highest BCUT2D eigenvalue weighted by atomic mass is 32.2. The summed E-state index contributed by atoms with van der Waals surface area (Å²) in [5, 5.41) is 4.44. The lowest BCUT2D eigenvalue weighted by atomic mass is 9.76. The van der Waals surface area contributed by atoms with E-state index in [1.807, 2.05) is 11.8 Å². The number of thioether (sulfide) groups is 1. The second-order valence-electron chi connectivity index (χ2n) is 5.43. The molecule has 0 heterocycles. The van der Waals surface area contributed by atoms with E-state index in [0.29, 0.717) is 0 Å². The number of hydrogen-bond donors (Lipinski definition) is 1. The molecule has 1 unspecified atom stereocenters. The second-order valence-corrected chi connectivity index (χ2v) is 6.70. The van der Waals surface area contributed by atoms with Gasteiger partial charge in [0.2, 0.25) is 0 Å². The van der Waals surface area contributed by atoms with Crippen molar-refractivity contribution in [2.45, 2.75) is 43.4 Å². The van der Waals surface area contributed by atoms with Crippen LogP contribution >= 0.6 is 11.8 Å². The maximum atomic E-state index is 5.19. The lowest BCUT2D eigenvalue weighted by molar-refractivity contribution is 0.290. The molecular weight excluding hydrogens is 254 g/mol. The van der Waals surface area contributed by atoms with Gasteiger partial charge in [-0.25, -0.2) is 0 Å². The van der Waals surface area contributed by atoms with Gasteiger partial charge in [-0.2, -0.15) is 11.8 Å². The van der Waals surface area contributed by atoms with Crippen LogP contribution in [0.1, 0.15) is 37.7 Å². The fourth-order valence-electron chi connectivity index (χ4n) is 2.54. The van der Waals surface area contributed by atoms with Crippen molar-refractivity contribution in [2.24, 2.45) is 0 Å². The normalized spacial score (nSPS) is 23.7. The van der Waals surface area contributed by atoms with Crippen LogP contribution in [0.4, 0.5) is 0 Å². The highest BCUT2D eigenvalue weighted by Gasteiger charge is 2.29. The van der Waals surface area contributed by atoms with Crippen molar-refractivity contribution in [1.82, 2.24) is 5.32 Å². The SMILES string of the molecule is COc1ccc(C2CC(NCCC(C)SC)C2)cc1. The van der Waals surface area contributed by atoms with Gasteiger partial charge in [0, 0.05) is 11.3 Å². The van der Waals surface area contributed by atoms with Gasteiger partial charge in [-0.15, -0.1) is 0 Å². The Kier molecular flexibility index (Phi) is 5.59. The molecule has 0 aliphatic heterocycles. The smallest absolute Gasteiger partial charge is 0.118 e. The molecule has 0 aromatic heterocycles. The van der Waals surface area contributed by atoms with Gasteiger partial charge in [0.05, 0.1) is 7.11 Å². The zero-order chi connectivity index (χ0) is 13.7. The summed E-state index contributed by atoms with van der Waals surface area (Å²) >= 11 is 1.95. The molecule has 0 bridgehead atoms. The van der Waals surface area contributed by atoms with Crippen LogP contribution in [-0.2, 0) is 0 Å². The van der Waals surface area contributed by atoms with Crippen LogP contribution < -0.4 is 10.1 Å². The summed E-state index contributed by atoms with van der Waals surface area (Å²) in [5.74, 6) is 1.69. The molecule has 0 radical (unpaired) electrons. The van der Waals surface area contributed by atoms with Crippen molar-refractivity contribution >= 4 is 11.8 Å². The molecule has 1 aromatic carbocycles. The average molecular weight is 279 g/mol. The molecule has 0 spiro atoms. The second kappa shape index (κ2) is 7.20. The summed E-state index contributed by atoms with van der Waals surface area (Å²) < 4.78 is 5.19. The monoisotopic (exact) mass is 279 g/mol. The molecular formula is C16H25NOS. The van der Waals surface area contributed by atoms with E-state index in [9.17, 15) is 0 Å². The largest absolute Gasteiger partial charge is 0.497 e. The minimum atomic E-state index is 0.723. The molecule has 1 aliphatic carbocycles. The Bertz CT molecular complexity index is 373. The summed E-state index contributed by atoms with van der Waals surface area (Å²) in [7, 11) is 1.72. The number of rotatable bonds is 7. The van der Waals surface area contributed by atoms with Crippen LogP contribution in [0.3, 0.4) is 0 Å². The third-order valence-corrected chi connectivity index (χ3v) is 5.15. The van der Waals surface area contributed by atoms with Gasteiger partial charge in [0.15, 0.2) is 0 Å². The van der Waals surface area contributed by atoms with E-state index in [0.717, 1.165) is 29.5 Å². The summed E-state index contributed by atoms with van der Waals surface area (Å²) in [6.45, 7) is 3.45. The van der Waals surface area contributed by atoms with Crippen LogP contribution in [0, 0.1) is 0 Å². The van der Waals surface area contributed by atoms with E-state index in [2.05, 4.69) is 42.8 Å². The number of ether oxygens (including phenoxy) is 1. The maximum Gasteiger partial charge on any atom is 0.118 e. The van der Waals surface area contributed by atoms with E-state index < -0.39 is 0 Å². The molecule has 1 atom stereocenters. The molecule has 1 N–H and O–H groups in total. The number of benzene rings is 1. The van der Waals surface area contributed by atoms with Crippen molar-refractivity contribution in [3.05, 3.63) is 29.8 Å². The van der Waals surface area contributed by atoms with Gasteiger partial charge in [0.1, 0.15) is 5.75 Å². The lowest BCUT2D eigenvalue weighted by Crippen LogP contribution is -2.40. The Morgan fingerprint density at radius 1 is 1.32 bits per heavy atom. The Balaban J connectivity index is 1.67. The van der Waals surface area contributed by atoms with E-state index in [1.165, 1.54) is 24.8 Å². The zero-order valence-electron chi connectivity index (χ0n) is 12.2. The zero-order valence-corrected chi connectivity index (χ0v) is 13.0. The summed E-state index contributed by atoms with van der Waals surface area (Å²) in [6, 6.07) is 9.26. The van der Waals surface area contributed by atoms with E-state index in [1.54, 1.807) is 7.11 Å². The molecule has 3 heteroatoms. The predicted octanol–water partition coefficient (Wildman–Crippen LogP) is 3.67. The first-order chi connectivity index (χ1) is 9.22. The van der Waals surface area contributed by atoms with Crippen molar-refractivity contribution in [2.75, 3.05) is 19.9 Å². The van der Waals surface area contributed by atoms with E-state index >= 15 is 0 Å². The predicted molar refractivity (Wildman–Crippen MR) is 84.4 cm³/mol. The first-order valence-corrected chi connectivity index (χ1v) is 8.42. The highest BCUT2D eigenvalue weighted by Crippen LogP contribution is 2.37. The Labute approximate surface area is 121 Å². The minimum absolute atomic E-state index is 0.723. The molecule has 2 nitrogen and oxygen atoms in total. The van der Waals surface area contributed by atoms with Crippen LogP contribution in [0.2, 0.25) is 0 Å². The quantitative estimate of drug-likeness (QED) is 0.823. The molecule has 1 saturated carbocycles. The highest BCUT2D eigenvalue weighted by molar-refractivity contribution is 7.99. The third kappa shape index (κ3) is 4.15. The van der Waals surface area contributed by atoms with Crippen molar-refractivity contribution in [3.63, 3.8) is 0 Å². The Morgan fingerprint density at radius 2 is 2.00 bits per heavy atom. The van der Waals surface area contributed by atoms with E-state index in [-0.39, 0.29) is 0 Å².